The van der Waals surface area contributed by atoms with E-state index in [2.05, 4.69) is 0 Å². The minimum absolute atomic E-state index is 0.179. The molecular weight excluding hydrogens is 532 g/mol. The molecule has 0 saturated carbocycles. The van der Waals surface area contributed by atoms with Gasteiger partial charge in [-0.3, -0.25) is 19.2 Å². The van der Waals surface area contributed by atoms with Gasteiger partial charge in [-0.1, -0.05) is 0 Å². The van der Waals surface area contributed by atoms with Crippen molar-refractivity contribution in [2.24, 2.45) is 0 Å². The maximum atomic E-state index is 11.9. The van der Waals surface area contributed by atoms with Crippen LogP contribution in [0.1, 0.15) is 46.1 Å². The zero-order valence-electron chi connectivity index (χ0n) is 23.9. The second-order valence-electron chi connectivity index (χ2n) is 8.93. The minimum Gasteiger partial charge on any atom is -0.493 e. The smallest absolute Gasteiger partial charge is 0.303 e. The van der Waals surface area contributed by atoms with Gasteiger partial charge < -0.3 is 42.6 Å². The van der Waals surface area contributed by atoms with Crippen LogP contribution in [0.5, 0.6) is 17.2 Å². The first kappa shape index (κ1) is 32.6. The molecule has 2 rings (SSSR count). The molecule has 0 bridgehead atoms. The van der Waals surface area contributed by atoms with Gasteiger partial charge >= 0.3 is 23.9 Å². The molecule has 1 saturated heterocycles. The number of esters is 4. The second-order valence-corrected chi connectivity index (χ2v) is 8.93. The number of unbranched alkanes of at least 4 members (excludes halogenated alkanes) is 1. The molecule has 0 radical (unpaired) electrons. The van der Waals surface area contributed by atoms with Crippen LogP contribution in [0.2, 0.25) is 0 Å². The van der Waals surface area contributed by atoms with E-state index in [-0.39, 0.29) is 13.2 Å². The van der Waals surface area contributed by atoms with Gasteiger partial charge in [0.15, 0.2) is 36.1 Å². The van der Waals surface area contributed by atoms with Crippen molar-refractivity contribution < 1.29 is 61.8 Å². The molecule has 1 aliphatic heterocycles. The van der Waals surface area contributed by atoms with Gasteiger partial charge in [0.1, 0.15) is 12.7 Å². The maximum absolute atomic E-state index is 11.9. The van der Waals surface area contributed by atoms with E-state index < -0.39 is 54.6 Å². The summed E-state index contributed by atoms with van der Waals surface area (Å²) in [5, 5.41) is 0. The number of benzene rings is 1. The van der Waals surface area contributed by atoms with E-state index in [0.29, 0.717) is 36.5 Å². The van der Waals surface area contributed by atoms with Gasteiger partial charge in [-0.2, -0.15) is 0 Å². The van der Waals surface area contributed by atoms with E-state index in [9.17, 15) is 19.2 Å². The molecule has 40 heavy (non-hydrogen) atoms. The van der Waals surface area contributed by atoms with Gasteiger partial charge in [-0.25, -0.2) is 0 Å². The molecule has 1 aromatic carbocycles. The summed E-state index contributed by atoms with van der Waals surface area (Å²) in [6.45, 7) is 4.55. The molecule has 0 amide bonds. The summed E-state index contributed by atoms with van der Waals surface area (Å²) in [5.74, 6) is -1.11. The van der Waals surface area contributed by atoms with Crippen molar-refractivity contribution in [1.29, 1.82) is 0 Å². The van der Waals surface area contributed by atoms with Crippen LogP contribution in [0.3, 0.4) is 0 Å². The zero-order chi connectivity index (χ0) is 29.8. The Bertz CT molecular complexity index is 999. The standard InChI is InChI=1S/C27H38O13/c1-15(28)36-14-22-24(37-16(2)29)25(38-17(3)30)26(39-18(4)31)27(40-22)35-11-9-8-10-19-12-20(32-5)23(34-7)21(13-19)33-6/h12-13,22,24-27H,8-11,14H2,1-7H3. The number of hydrogen-bond donors (Lipinski definition) is 0. The first-order valence-corrected chi connectivity index (χ1v) is 12.7. The van der Waals surface area contributed by atoms with E-state index in [1.807, 2.05) is 12.1 Å². The number of hydrogen-bond acceptors (Lipinski definition) is 13. The van der Waals surface area contributed by atoms with Crippen molar-refractivity contribution in [1.82, 2.24) is 0 Å². The number of carbonyl (C=O) groups excluding carboxylic acids is 4. The number of ether oxygens (including phenoxy) is 9. The molecule has 5 unspecified atom stereocenters. The Balaban J connectivity index is 2.16. The molecule has 13 nitrogen and oxygen atoms in total. The normalized spacial score (nSPS) is 22.0. The summed E-state index contributed by atoms with van der Waals surface area (Å²) in [4.78, 5) is 47.1. The summed E-state index contributed by atoms with van der Waals surface area (Å²) < 4.78 is 49.2. The van der Waals surface area contributed by atoms with Crippen molar-refractivity contribution in [3.63, 3.8) is 0 Å². The Morgan fingerprint density at radius 1 is 0.725 bits per heavy atom. The summed E-state index contributed by atoms with van der Waals surface area (Å²) in [6.07, 6.45) is -4.09. The summed E-state index contributed by atoms with van der Waals surface area (Å²) >= 11 is 0. The van der Waals surface area contributed by atoms with Gasteiger partial charge in [0.25, 0.3) is 0 Å². The summed E-state index contributed by atoms with van der Waals surface area (Å²) in [5.41, 5.74) is 0.960. The lowest BCUT2D eigenvalue weighted by Crippen LogP contribution is -2.63. The van der Waals surface area contributed by atoms with E-state index in [1.54, 1.807) is 14.2 Å². The number of aryl methyl sites for hydroxylation is 1. The second kappa shape index (κ2) is 15.9. The van der Waals surface area contributed by atoms with Gasteiger partial charge in [-0.05, 0) is 37.0 Å². The topological polar surface area (TPSA) is 151 Å². The molecule has 0 spiro atoms. The predicted octanol–water partition coefficient (Wildman–Crippen LogP) is 2.13. The first-order valence-electron chi connectivity index (χ1n) is 12.7. The quantitative estimate of drug-likeness (QED) is 0.183. The van der Waals surface area contributed by atoms with Crippen molar-refractivity contribution in [3.8, 4) is 17.2 Å². The largest absolute Gasteiger partial charge is 0.493 e. The van der Waals surface area contributed by atoms with Crippen molar-refractivity contribution in [2.45, 2.75) is 77.7 Å². The molecule has 13 heteroatoms. The van der Waals surface area contributed by atoms with E-state index in [1.165, 1.54) is 21.0 Å². The molecule has 224 valence electrons. The molecule has 5 atom stereocenters. The van der Waals surface area contributed by atoms with E-state index in [4.69, 9.17) is 42.6 Å². The third-order valence-corrected chi connectivity index (χ3v) is 5.81. The van der Waals surface area contributed by atoms with Gasteiger partial charge in [0, 0.05) is 34.3 Å². The third kappa shape index (κ3) is 9.56. The highest BCUT2D eigenvalue weighted by molar-refractivity contribution is 5.68. The van der Waals surface area contributed by atoms with Crippen molar-refractivity contribution in [3.05, 3.63) is 17.7 Å². The van der Waals surface area contributed by atoms with Gasteiger partial charge in [-0.15, -0.1) is 0 Å². The molecule has 1 fully saturated rings. The van der Waals surface area contributed by atoms with Gasteiger partial charge in [0.2, 0.25) is 5.75 Å². The monoisotopic (exact) mass is 570 g/mol. The Morgan fingerprint density at radius 2 is 1.27 bits per heavy atom. The lowest BCUT2D eigenvalue weighted by Gasteiger charge is -2.44. The third-order valence-electron chi connectivity index (χ3n) is 5.81. The highest BCUT2D eigenvalue weighted by Gasteiger charge is 2.52. The maximum Gasteiger partial charge on any atom is 0.303 e. The lowest BCUT2D eigenvalue weighted by molar-refractivity contribution is -0.308. The fraction of sp³-hybridized carbons (Fsp3) is 0.630. The SMILES string of the molecule is COc1cc(CCCCOC2OC(COC(C)=O)C(OC(C)=O)C(OC(C)=O)C2OC(C)=O)cc(OC)c1OC. The minimum atomic E-state index is -1.27. The fourth-order valence-corrected chi connectivity index (χ4v) is 4.23. The van der Waals surface area contributed by atoms with Gasteiger partial charge in [0.05, 0.1) is 21.3 Å². The van der Waals surface area contributed by atoms with Crippen LogP contribution in [0.25, 0.3) is 0 Å². The molecule has 1 heterocycles. The molecular formula is C27H38O13. The van der Waals surface area contributed by atoms with E-state index >= 15 is 0 Å². The number of methoxy groups -OCH3 is 3. The zero-order valence-corrected chi connectivity index (χ0v) is 23.9. The highest BCUT2D eigenvalue weighted by atomic mass is 16.7. The summed E-state index contributed by atoms with van der Waals surface area (Å²) in [6, 6.07) is 3.73. The fourth-order valence-electron chi connectivity index (χ4n) is 4.23. The van der Waals surface area contributed by atoms with E-state index in [0.717, 1.165) is 19.4 Å². The molecule has 1 aliphatic rings. The van der Waals surface area contributed by atoms with Crippen LogP contribution >= 0.6 is 0 Å². The van der Waals surface area contributed by atoms with Crippen LogP contribution in [0.15, 0.2) is 12.1 Å². The average molecular weight is 571 g/mol. The molecule has 0 N–H and O–H groups in total. The van der Waals surface area contributed by atoms with Crippen LogP contribution in [0.4, 0.5) is 0 Å². The molecule has 0 aliphatic carbocycles. The predicted molar refractivity (Wildman–Crippen MR) is 137 cm³/mol. The summed E-state index contributed by atoms with van der Waals surface area (Å²) in [7, 11) is 4.62. The average Bonchev–Trinajstić information content (AvgIpc) is 2.88. The Kier molecular flexibility index (Phi) is 12.9. The Labute approximate surface area is 233 Å². The van der Waals surface area contributed by atoms with Crippen molar-refractivity contribution in [2.75, 3.05) is 34.5 Å². The van der Waals surface area contributed by atoms with Crippen LogP contribution < -0.4 is 14.2 Å². The Morgan fingerprint density at radius 3 is 1.77 bits per heavy atom. The first-order chi connectivity index (χ1) is 19.0. The van der Waals surface area contributed by atoms with Crippen LogP contribution in [0, 0.1) is 0 Å². The highest BCUT2D eigenvalue weighted by Crippen LogP contribution is 2.38. The van der Waals surface area contributed by atoms with Crippen molar-refractivity contribution >= 4 is 23.9 Å². The lowest BCUT2D eigenvalue weighted by atomic mass is 9.98. The molecule has 0 aromatic heterocycles. The Hall–Kier alpha value is -3.58. The number of carbonyl (C=O) groups is 4. The molecule has 1 aromatic rings. The van der Waals surface area contributed by atoms with Crippen LogP contribution in [-0.4, -0.2) is 89.1 Å². The van der Waals surface area contributed by atoms with Crippen LogP contribution in [-0.2, 0) is 54.0 Å². The number of rotatable bonds is 14.